The zero-order chi connectivity index (χ0) is 9.84. The number of rotatable bonds is 3. The van der Waals surface area contributed by atoms with Gasteiger partial charge in [-0.15, -0.1) is 0 Å². The molecule has 0 saturated carbocycles. The molecule has 0 unspecified atom stereocenters. The average molecular weight is 184 g/mol. The first kappa shape index (κ1) is 9.51. The van der Waals surface area contributed by atoms with Gasteiger partial charge in [-0.3, -0.25) is 0 Å². The molecule has 1 aromatic rings. The minimum absolute atomic E-state index is 0.0917. The van der Waals surface area contributed by atoms with Crippen LogP contribution in [0.1, 0.15) is 15.9 Å². The number of carboxylic acids is 1. The molecular formula is C9H9FO3. The summed E-state index contributed by atoms with van der Waals surface area (Å²) in [4.78, 5) is 10.5. The second kappa shape index (κ2) is 3.89. The Morgan fingerprint density at radius 2 is 2.31 bits per heavy atom. The molecule has 0 bridgehead atoms. The summed E-state index contributed by atoms with van der Waals surface area (Å²) in [6, 6.07) is 4.05. The van der Waals surface area contributed by atoms with E-state index in [0.29, 0.717) is 5.56 Å². The Hall–Kier alpha value is -1.58. The number of aromatic carboxylic acids is 1. The molecule has 0 aromatic heterocycles. The topological polar surface area (TPSA) is 46.5 Å². The van der Waals surface area contributed by atoms with E-state index in [-0.39, 0.29) is 11.3 Å². The lowest BCUT2D eigenvalue weighted by molar-refractivity contribution is 0.0696. The van der Waals surface area contributed by atoms with Gasteiger partial charge < -0.3 is 9.84 Å². The minimum Gasteiger partial charge on any atom is -0.496 e. The third-order valence-electron chi connectivity index (χ3n) is 1.68. The van der Waals surface area contributed by atoms with Crippen LogP contribution in [0.2, 0.25) is 0 Å². The monoisotopic (exact) mass is 184 g/mol. The van der Waals surface area contributed by atoms with Gasteiger partial charge in [0.1, 0.15) is 12.4 Å². The molecule has 1 rings (SSSR count). The number of methoxy groups -OCH3 is 1. The van der Waals surface area contributed by atoms with Crippen molar-refractivity contribution >= 4 is 5.97 Å². The molecule has 0 aliphatic rings. The lowest BCUT2D eigenvalue weighted by Crippen LogP contribution is -1.98. The Labute approximate surface area is 74.8 Å². The Balaban J connectivity index is 3.13. The molecule has 1 N–H and O–H groups in total. The molecule has 1 aromatic carbocycles. The van der Waals surface area contributed by atoms with Gasteiger partial charge >= 0.3 is 5.97 Å². The van der Waals surface area contributed by atoms with Crippen LogP contribution in [0.25, 0.3) is 0 Å². The predicted molar refractivity (Wildman–Crippen MR) is 44.8 cm³/mol. The van der Waals surface area contributed by atoms with Crippen LogP contribution in [0, 0.1) is 0 Å². The number of hydrogen-bond acceptors (Lipinski definition) is 2. The highest BCUT2D eigenvalue weighted by atomic mass is 19.1. The van der Waals surface area contributed by atoms with Gasteiger partial charge in [-0.05, 0) is 12.1 Å². The van der Waals surface area contributed by atoms with Crippen molar-refractivity contribution in [3.63, 3.8) is 0 Å². The molecule has 13 heavy (non-hydrogen) atoms. The van der Waals surface area contributed by atoms with Gasteiger partial charge in [0.05, 0.1) is 12.7 Å². The van der Waals surface area contributed by atoms with Crippen molar-refractivity contribution in [1.82, 2.24) is 0 Å². The largest absolute Gasteiger partial charge is 0.496 e. The van der Waals surface area contributed by atoms with E-state index in [9.17, 15) is 9.18 Å². The highest BCUT2D eigenvalue weighted by Gasteiger charge is 2.07. The fraction of sp³-hybridized carbons (Fsp3) is 0.222. The number of halogens is 1. The maximum atomic E-state index is 12.3. The minimum atomic E-state index is -1.05. The van der Waals surface area contributed by atoms with E-state index in [2.05, 4.69) is 0 Å². The van der Waals surface area contributed by atoms with Gasteiger partial charge in [0.15, 0.2) is 0 Å². The number of carbonyl (C=O) groups is 1. The zero-order valence-electron chi connectivity index (χ0n) is 7.08. The van der Waals surface area contributed by atoms with Gasteiger partial charge in [0.2, 0.25) is 0 Å². The molecule has 0 radical (unpaired) electrons. The number of benzene rings is 1. The molecule has 70 valence electrons. The van der Waals surface area contributed by atoms with Crippen molar-refractivity contribution in [3.8, 4) is 5.75 Å². The molecule has 0 saturated heterocycles. The van der Waals surface area contributed by atoms with E-state index in [4.69, 9.17) is 9.84 Å². The van der Waals surface area contributed by atoms with Gasteiger partial charge in [-0.2, -0.15) is 0 Å². The van der Waals surface area contributed by atoms with E-state index in [0.717, 1.165) is 0 Å². The first-order valence-corrected chi connectivity index (χ1v) is 3.65. The summed E-state index contributed by atoms with van der Waals surface area (Å²) in [6.07, 6.45) is 0. The van der Waals surface area contributed by atoms with Gasteiger partial charge in [0.25, 0.3) is 0 Å². The summed E-state index contributed by atoms with van der Waals surface area (Å²) < 4.78 is 17.1. The highest BCUT2D eigenvalue weighted by molar-refractivity contribution is 5.88. The zero-order valence-corrected chi connectivity index (χ0v) is 7.08. The van der Waals surface area contributed by atoms with Crippen LogP contribution in [-0.4, -0.2) is 18.2 Å². The molecule has 4 heteroatoms. The van der Waals surface area contributed by atoms with E-state index in [1.807, 2.05) is 0 Å². The Kier molecular flexibility index (Phi) is 2.84. The summed E-state index contributed by atoms with van der Waals surface area (Å²) in [5, 5.41) is 8.62. The third kappa shape index (κ3) is 1.96. The van der Waals surface area contributed by atoms with E-state index in [1.54, 1.807) is 0 Å². The Morgan fingerprint density at radius 3 is 2.77 bits per heavy atom. The van der Waals surface area contributed by atoms with Crippen molar-refractivity contribution in [1.29, 1.82) is 0 Å². The Bertz CT molecular complexity index is 323. The summed E-state index contributed by atoms with van der Waals surface area (Å²) in [5.74, 6) is -0.786. The summed E-state index contributed by atoms with van der Waals surface area (Å²) in [7, 11) is 1.38. The van der Waals surface area contributed by atoms with Crippen molar-refractivity contribution in [2.24, 2.45) is 0 Å². The lowest BCUT2D eigenvalue weighted by Gasteiger charge is -2.05. The predicted octanol–water partition coefficient (Wildman–Crippen LogP) is 1.86. The number of hydrogen-bond donors (Lipinski definition) is 1. The van der Waals surface area contributed by atoms with Crippen LogP contribution in [0.4, 0.5) is 4.39 Å². The van der Waals surface area contributed by atoms with Crippen molar-refractivity contribution in [3.05, 3.63) is 29.3 Å². The van der Waals surface area contributed by atoms with Crippen LogP contribution in [-0.2, 0) is 6.67 Å². The second-order valence-corrected chi connectivity index (χ2v) is 2.47. The number of carboxylic acid groups (broad SMARTS) is 1. The standard InChI is InChI=1S/C9H9FO3/c1-13-8-4-6(9(11)12)2-3-7(8)5-10/h2-4H,5H2,1H3,(H,11,12). The van der Waals surface area contributed by atoms with Crippen LogP contribution in [0.15, 0.2) is 18.2 Å². The van der Waals surface area contributed by atoms with Gasteiger partial charge in [-0.25, -0.2) is 9.18 Å². The summed E-state index contributed by atoms with van der Waals surface area (Å²) in [5.41, 5.74) is 0.446. The van der Waals surface area contributed by atoms with Crippen LogP contribution in [0.3, 0.4) is 0 Å². The Morgan fingerprint density at radius 1 is 1.62 bits per heavy atom. The first-order chi connectivity index (χ1) is 6.19. The molecule has 0 amide bonds. The van der Waals surface area contributed by atoms with Crippen molar-refractivity contribution < 1.29 is 19.0 Å². The fourth-order valence-corrected chi connectivity index (χ4v) is 0.988. The van der Waals surface area contributed by atoms with E-state index >= 15 is 0 Å². The molecule has 0 aliphatic heterocycles. The number of alkyl halides is 1. The van der Waals surface area contributed by atoms with Crippen LogP contribution < -0.4 is 4.74 Å². The van der Waals surface area contributed by atoms with E-state index < -0.39 is 12.6 Å². The molecule has 0 spiro atoms. The smallest absolute Gasteiger partial charge is 0.335 e. The molecular weight excluding hydrogens is 175 g/mol. The molecule has 0 fully saturated rings. The number of ether oxygens (including phenoxy) is 1. The molecule has 3 nitrogen and oxygen atoms in total. The first-order valence-electron chi connectivity index (χ1n) is 3.65. The molecule has 0 atom stereocenters. The normalized spacial score (nSPS) is 9.69. The molecule has 0 heterocycles. The van der Waals surface area contributed by atoms with Gasteiger partial charge in [0, 0.05) is 5.56 Å². The van der Waals surface area contributed by atoms with Crippen LogP contribution >= 0.6 is 0 Å². The maximum absolute atomic E-state index is 12.3. The SMILES string of the molecule is COc1cc(C(=O)O)ccc1CF. The highest BCUT2D eigenvalue weighted by Crippen LogP contribution is 2.20. The van der Waals surface area contributed by atoms with Crippen molar-refractivity contribution in [2.75, 3.05) is 7.11 Å². The van der Waals surface area contributed by atoms with Crippen LogP contribution in [0.5, 0.6) is 5.75 Å². The van der Waals surface area contributed by atoms with Gasteiger partial charge in [-0.1, -0.05) is 6.07 Å². The summed E-state index contributed by atoms with van der Waals surface area (Å²) in [6.45, 7) is -0.664. The maximum Gasteiger partial charge on any atom is 0.335 e. The van der Waals surface area contributed by atoms with Crippen molar-refractivity contribution in [2.45, 2.75) is 6.67 Å². The molecule has 0 aliphatic carbocycles. The van der Waals surface area contributed by atoms with E-state index in [1.165, 1.54) is 25.3 Å². The summed E-state index contributed by atoms with van der Waals surface area (Å²) >= 11 is 0. The third-order valence-corrected chi connectivity index (χ3v) is 1.68. The fourth-order valence-electron chi connectivity index (χ4n) is 0.988. The average Bonchev–Trinajstić information content (AvgIpc) is 2.16. The second-order valence-electron chi connectivity index (χ2n) is 2.47. The lowest BCUT2D eigenvalue weighted by atomic mass is 10.1. The quantitative estimate of drug-likeness (QED) is 0.779.